The van der Waals surface area contributed by atoms with Crippen LogP contribution in [0.3, 0.4) is 0 Å². The number of aryl methyl sites for hydroxylation is 1. The first-order chi connectivity index (χ1) is 10.6. The van der Waals surface area contributed by atoms with Gasteiger partial charge in [-0.25, -0.2) is 0 Å². The lowest BCUT2D eigenvalue weighted by molar-refractivity contribution is 0.105. The van der Waals surface area contributed by atoms with Crippen LogP contribution in [0.2, 0.25) is 5.02 Å². The minimum absolute atomic E-state index is 0.0129. The van der Waals surface area contributed by atoms with Gasteiger partial charge in [-0.15, -0.1) is 5.10 Å². The Labute approximate surface area is 133 Å². The highest BCUT2D eigenvalue weighted by Gasteiger charge is 2.36. The van der Waals surface area contributed by atoms with Crippen molar-refractivity contribution >= 4 is 17.3 Å². The van der Waals surface area contributed by atoms with Crippen molar-refractivity contribution < 1.29 is 4.74 Å². The third-order valence-corrected chi connectivity index (χ3v) is 4.22. The first kappa shape index (κ1) is 14.8. The maximum Gasteiger partial charge on any atom is 0.101 e. The number of anilines is 1. The number of halogens is 1. The predicted octanol–water partition coefficient (Wildman–Crippen LogP) is 1.96. The molecule has 0 unspecified atom stereocenters. The number of methoxy groups -OCH3 is 1. The van der Waals surface area contributed by atoms with Crippen LogP contribution >= 0.6 is 11.6 Å². The molecule has 0 spiro atoms. The molecule has 3 rings (SSSR count). The van der Waals surface area contributed by atoms with Gasteiger partial charge in [0, 0.05) is 38.5 Å². The van der Waals surface area contributed by atoms with E-state index in [0.717, 1.165) is 17.9 Å². The molecule has 2 heterocycles. The number of aromatic nitrogens is 3. The molecular weight excluding hydrogens is 302 g/mol. The number of nitrogens with zero attached hydrogens (tertiary/aromatic N) is 5. The lowest BCUT2D eigenvalue weighted by Crippen LogP contribution is -2.23. The highest BCUT2D eigenvalue weighted by Crippen LogP contribution is 2.34. The second-order valence-corrected chi connectivity index (χ2v) is 5.81. The van der Waals surface area contributed by atoms with Crippen molar-refractivity contribution in [1.82, 2.24) is 15.0 Å². The van der Waals surface area contributed by atoms with Gasteiger partial charge < -0.3 is 9.64 Å². The van der Waals surface area contributed by atoms with E-state index in [0.29, 0.717) is 17.1 Å². The molecule has 114 valence electrons. The molecule has 7 heteroatoms. The van der Waals surface area contributed by atoms with Crippen LogP contribution < -0.4 is 4.90 Å². The summed E-state index contributed by atoms with van der Waals surface area (Å²) in [7, 11) is 3.54. The standard InChI is InChI=1S/C15H16ClN5O/c1-20-8-13(18-19-20)12-7-21(9-15(12)22-2)14-4-3-11(16)5-10(14)6-17/h3-5,8,12,15H,7,9H2,1-2H3/t12-,15+/m0/s1. The van der Waals surface area contributed by atoms with Gasteiger partial charge >= 0.3 is 0 Å². The van der Waals surface area contributed by atoms with Crippen molar-refractivity contribution in [2.45, 2.75) is 12.0 Å². The van der Waals surface area contributed by atoms with Crippen LogP contribution in [0.5, 0.6) is 0 Å². The number of hydrogen-bond donors (Lipinski definition) is 0. The van der Waals surface area contributed by atoms with E-state index in [-0.39, 0.29) is 12.0 Å². The third kappa shape index (κ3) is 2.65. The van der Waals surface area contributed by atoms with Gasteiger partial charge in [-0.3, -0.25) is 4.68 Å². The van der Waals surface area contributed by atoms with Gasteiger partial charge in [0.05, 0.1) is 29.0 Å². The second-order valence-electron chi connectivity index (χ2n) is 5.38. The monoisotopic (exact) mass is 317 g/mol. The van der Waals surface area contributed by atoms with Crippen LogP contribution in [0, 0.1) is 11.3 Å². The summed E-state index contributed by atoms with van der Waals surface area (Å²) in [4.78, 5) is 2.14. The molecule has 1 aromatic heterocycles. The molecular formula is C15H16ClN5O. The number of hydrogen-bond acceptors (Lipinski definition) is 5. The van der Waals surface area contributed by atoms with Crippen molar-refractivity contribution in [2.75, 3.05) is 25.1 Å². The van der Waals surface area contributed by atoms with E-state index >= 15 is 0 Å². The fraction of sp³-hybridized carbons (Fsp3) is 0.400. The molecule has 22 heavy (non-hydrogen) atoms. The first-order valence-electron chi connectivity index (χ1n) is 6.96. The number of rotatable bonds is 3. The molecule has 0 radical (unpaired) electrons. The number of nitriles is 1. The average Bonchev–Trinajstić information content (AvgIpc) is 3.12. The van der Waals surface area contributed by atoms with Crippen LogP contribution in [0.1, 0.15) is 17.2 Å². The number of ether oxygens (including phenoxy) is 1. The van der Waals surface area contributed by atoms with Crippen LogP contribution in [0.25, 0.3) is 0 Å². The summed E-state index contributed by atoms with van der Waals surface area (Å²) in [6.45, 7) is 1.43. The van der Waals surface area contributed by atoms with Gasteiger partial charge in [0.2, 0.25) is 0 Å². The average molecular weight is 318 g/mol. The first-order valence-corrected chi connectivity index (χ1v) is 7.33. The zero-order valence-electron chi connectivity index (χ0n) is 12.4. The van der Waals surface area contributed by atoms with Gasteiger partial charge in [-0.1, -0.05) is 16.8 Å². The molecule has 1 aliphatic rings. The Hall–Kier alpha value is -2.10. The summed E-state index contributed by atoms with van der Waals surface area (Å²) in [6, 6.07) is 7.58. The lowest BCUT2D eigenvalue weighted by atomic mass is 10.0. The van der Waals surface area contributed by atoms with Crippen LogP contribution in [0.15, 0.2) is 24.4 Å². The van der Waals surface area contributed by atoms with Crippen LogP contribution in [-0.2, 0) is 11.8 Å². The summed E-state index contributed by atoms with van der Waals surface area (Å²) < 4.78 is 7.30. The van der Waals surface area contributed by atoms with E-state index < -0.39 is 0 Å². The Kier molecular flexibility index (Phi) is 4.01. The highest BCUT2D eigenvalue weighted by molar-refractivity contribution is 6.30. The topological polar surface area (TPSA) is 67.0 Å². The van der Waals surface area contributed by atoms with E-state index in [4.69, 9.17) is 16.3 Å². The van der Waals surface area contributed by atoms with E-state index in [1.807, 2.05) is 19.3 Å². The van der Waals surface area contributed by atoms with Crippen LogP contribution in [0.4, 0.5) is 5.69 Å². The second kappa shape index (κ2) is 5.95. The third-order valence-electron chi connectivity index (χ3n) is 3.99. The van der Waals surface area contributed by atoms with E-state index in [1.165, 1.54) is 0 Å². The Balaban J connectivity index is 1.90. The van der Waals surface area contributed by atoms with Gasteiger partial charge in [0.25, 0.3) is 0 Å². The van der Waals surface area contributed by atoms with E-state index in [1.54, 1.807) is 23.9 Å². The largest absolute Gasteiger partial charge is 0.379 e. The van der Waals surface area contributed by atoms with Gasteiger partial charge in [-0.05, 0) is 18.2 Å². The van der Waals surface area contributed by atoms with Crippen molar-refractivity contribution in [3.8, 4) is 6.07 Å². The molecule has 0 saturated carbocycles. The number of benzene rings is 1. The van der Waals surface area contributed by atoms with Crippen molar-refractivity contribution in [3.05, 3.63) is 40.7 Å². The molecule has 1 saturated heterocycles. The predicted molar refractivity (Wildman–Crippen MR) is 82.9 cm³/mol. The van der Waals surface area contributed by atoms with Crippen molar-refractivity contribution in [2.24, 2.45) is 7.05 Å². The summed E-state index contributed by atoms with van der Waals surface area (Å²) in [5.41, 5.74) is 2.35. The molecule has 2 aromatic rings. The van der Waals surface area contributed by atoms with Crippen molar-refractivity contribution in [3.63, 3.8) is 0 Å². The summed E-state index contributed by atoms with van der Waals surface area (Å²) in [6.07, 6.45) is 1.92. The highest BCUT2D eigenvalue weighted by atomic mass is 35.5. The lowest BCUT2D eigenvalue weighted by Gasteiger charge is -2.19. The summed E-state index contributed by atoms with van der Waals surface area (Å²) in [5.74, 6) is 0.126. The van der Waals surface area contributed by atoms with E-state index in [2.05, 4.69) is 21.3 Å². The normalized spacial score (nSPS) is 21.1. The quantitative estimate of drug-likeness (QED) is 0.865. The molecule has 0 bridgehead atoms. The Morgan fingerprint density at radius 3 is 2.86 bits per heavy atom. The smallest absolute Gasteiger partial charge is 0.101 e. The molecule has 0 aliphatic carbocycles. The van der Waals surface area contributed by atoms with Gasteiger partial charge in [-0.2, -0.15) is 5.26 Å². The Morgan fingerprint density at radius 1 is 1.41 bits per heavy atom. The van der Waals surface area contributed by atoms with E-state index in [9.17, 15) is 5.26 Å². The SMILES string of the molecule is CO[C@@H]1CN(c2ccc(Cl)cc2C#N)C[C@H]1c1cn(C)nn1. The fourth-order valence-electron chi connectivity index (χ4n) is 2.90. The maximum absolute atomic E-state index is 9.32. The Morgan fingerprint density at radius 2 is 2.23 bits per heavy atom. The molecule has 1 fully saturated rings. The molecule has 2 atom stereocenters. The molecule has 1 aliphatic heterocycles. The fourth-order valence-corrected chi connectivity index (χ4v) is 3.07. The minimum Gasteiger partial charge on any atom is -0.379 e. The van der Waals surface area contributed by atoms with Crippen molar-refractivity contribution in [1.29, 1.82) is 5.26 Å². The van der Waals surface area contributed by atoms with Crippen LogP contribution in [-0.4, -0.2) is 41.3 Å². The molecule has 0 amide bonds. The summed E-state index contributed by atoms with van der Waals surface area (Å²) in [5, 5.41) is 18.1. The molecule has 0 N–H and O–H groups in total. The Bertz CT molecular complexity index is 723. The van der Waals surface area contributed by atoms with Gasteiger partial charge in [0.1, 0.15) is 6.07 Å². The zero-order valence-corrected chi connectivity index (χ0v) is 13.2. The maximum atomic E-state index is 9.32. The zero-order chi connectivity index (χ0) is 15.7. The summed E-state index contributed by atoms with van der Waals surface area (Å²) >= 11 is 5.97. The molecule has 1 aromatic carbocycles. The van der Waals surface area contributed by atoms with Gasteiger partial charge in [0.15, 0.2) is 0 Å². The molecule has 6 nitrogen and oxygen atoms in total. The minimum atomic E-state index is 0.0129.